The van der Waals surface area contributed by atoms with Crippen LogP contribution in [0.5, 0.6) is 0 Å². The van der Waals surface area contributed by atoms with E-state index in [-0.39, 0.29) is 25.0 Å². The van der Waals surface area contributed by atoms with Crippen molar-refractivity contribution >= 4 is 12.0 Å². The van der Waals surface area contributed by atoms with Gasteiger partial charge < -0.3 is 23.7 Å². The molecule has 0 aromatic heterocycles. The second-order valence-corrected chi connectivity index (χ2v) is 5.14. The molecular formula is C12H17N3O6. The van der Waals surface area contributed by atoms with Gasteiger partial charge in [-0.25, -0.2) is 4.99 Å². The molecule has 0 aliphatic carbocycles. The monoisotopic (exact) mass is 299 g/mol. The minimum Gasteiger partial charge on any atom is -0.461 e. The number of amidine groups is 2. The van der Waals surface area contributed by atoms with Gasteiger partial charge in [-0.3, -0.25) is 4.84 Å². The van der Waals surface area contributed by atoms with E-state index >= 15 is 0 Å². The van der Waals surface area contributed by atoms with Gasteiger partial charge in [-0.2, -0.15) is 5.06 Å². The van der Waals surface area contributed by atoms with Crippen molar-refractivity contribution in [2.75, 3.05) is 46.3 Å². The lowest BCUT2D eigenvalue weighted by atomic mass is 10.5. The average molecular weight is 299 g/mol. The molecule has 4 rings (SSSR count). The summed E-state index contributed by atoms with van der Waals surface area (Å²) in [5.74, 6) is 0. The van der Waals surface area contributed by atoms with E-state index in [0.717, 1.165) is 19.8 Å². The molecule has 21 heavy (non-hydrogen) atoms. The molecule has 9 nitrogen and oxygen atoms in total. The Morgan fingerprint density at radius 1 is 0.952 bits per heavy atom. The highest BCUT2D eigenvalue weighted by molar-refractivity contribution is 5.90. The summed E-state index contributed by atoms with van der Waals surface area (Å²) in [6.45, 7) is 3.82. The van der Waals surface area contributed by atoms with Crippen LogP contribution in [0.25, 0.3) is 0 Å². The zero-order chi connectivity index (χ0) is 14.1. The van der Waals surface area contributed by atoms with Crippen molar-refractivity contribution in [3.8, 4) is 0 Å². The third-order valence-electron chi connectivity index (χ3n) is 3.16. The molecule has 0 aromatic carbocycles. The molecule has 0 spiro atoms. The highest BCUT2D eigenvalue weighted by Crippen LogP contribution is 2.15. The molecule has 0 amide bonds. The van der Waals surface area contributed by atoms with Crippen molar-refractivity contribution in [1.29, 1.82) is 0 Å². The standard InChI is InChI=1S/C12H17N3O6/c1-8(16-1)4-19-11-13-7-15(21-6-10-3-18-10)12(14-11)20-5-9-2-17-9/h8-10H,1-7H2. The van der Waals surface area contributed by atoms with Crippen LogP contribution in [0.2, 0.25) is 0 Å². The lowest BCUT2D eigenvalue weighted by molar-refractivity contribution is -0.120. The molecular weight excluding hydrogens is 282 g/mol. The van der Waals surface area contributed by atoms with Gasteiger partial charge in [0, 0.05) is 0 Å². The number of nitrogens with zero attached hydrogens (tertiary/aromatic N) is 3. The average Bonchev–Trinajstić information content (AvgIpc) is 3.39. The minimum atomic E-state index is 0.143. The topological polar surface area (TPSA) is 93.2 Å². The fraction of sp³-hybridized carbons (Fsp3) is 0.833. The second kappa shape index (κ2) is 5.76. The second-order valence-electron chi connectivity index (χ2n) is 5.14. The smallest absolute Gasteiger partial charge is 0.323 e. The zero-order valence-corrected chi connectivity index (χ0v) is 11.5. The maximum absolute atomic E-state index is 5.62. The normalized spacial score (nSPS) is 33.1. The molecule has 9 heteroatoms. The van der Waals surface area contributed by atoms with E-state index in [0.29, 0.717) is 31.9 Å². The van der Waals surface area contributed by atoms with Gasteiger partial charge in [0.05, 0.1) is 19.8 Å². The molecule has 116 valence electrons. The van der Waals surface area contributed by atoms with E-state index in [9.17, 15) is 0 Å². The van der Waals surface area contributed by atoms with E-state index in [2.05, 4.69) is 9.98 Å². The summed E-state index contributed by atoms with van der Waals surface area (Å²) < 4.78 is 26.4. The van der Waals surface area contributed by atoms with Crippen LogP contribution in [0.1, 0.15) is 0 Å². The molecule has 3 atom stereocenters. The van der Waals surface area contributed by atoms with Crippen molar-refractivity contribution < 1.29 is 28.5 Å². The molecule has 0 saturated carbocycles. The van der Waals surface area contributed by atoms with Crippen LogP contribution in [-0.4, -0.2) is 81.7 Å². The Morgan fingerprint density at radius 3 is 2.24 bits per heavy atom. The molecule has 0 N–H and O–H groups in total. The third kappa shape index (κ3) is 4.03. The van der Waals surface area contributed by atoms with Crippen molar-refractivity contribution in [2.24, 2.45) is 9.98 Å². The van der Waals surface area contributed by atoms with Crippen LogP contribution in [0.15, 0.2) is 9.98 Å². The number of epoxide rings is 3. The van der Waals surface area contributed by atoms with Gasteiger partial charge in [-0.15, -0.1) is 4.99 Å². The number of hydrogen-bond donors (Lipinski definition) is 0. The Labute approximate surface area is 121 Å². The number of hydrogen-bond acceptors (Lipinski definition) is 9. The molecule has 3 unspecified atom stereocenters. The van der Waals surface area contributed by atoms with E-state index in [1.165, 1.54) is 5.06 Å². The van der Waals surface area contributed by atoms with E-state index in [1.807, 2.05) is 0 Å². The molecule has 3 fully saturated rings. The van der Waals surface area contributed by atoms with Gasteiger partial charge >= 0.3 is 12.0 Å². The lowest BCUT2D eigenvalue weighted by Crippen LogP contribution is -2.39. The first-order valence-corrected chi connectivity index (χ1v) is 7.01. The van der Waals surface area contributed by atoms with Gasteiger partial charge in [0.15, 0.2) is 0 Å². The fourth-order valence-corrected chi connectivity index (χ4v) is 1.64. The highest BCUT2D eigenvalue weighted by Gasteiger charge is 2.30. The Kier molecular flexibility index (Phi) is 3.63. The van der Waals surface area contributed by atoms with Gasteiger partial charge in [0.25, 0.3) is 0 Å². The van der Waals surface area contributed by atoms with E-state index in [1.54, 1.807) is 0 Å². The number of aliphatic imine (C=N–C) groups is 2. The largest absolute Gasteiger partial charge is 0.461 e. The molecule has 0 radical (unpaired) electrons. The summed E-state index contributed by atoms with van der Waals surface area (Å²) in [6.07, 6.45) is 0.462. The quantitative estimate of drug-likeness (QED) is 0.564. The maximum Gasteiger partial charge on any atom is 0.323 e. The Bertz CT molecular complexity index is 444. The van der Waals surface area contributed by atoms with Crippen LogP contribution in [0, 0.1) is 0 Å². The summed E-state index contributed by atoms with van der Waals surface area (Å²) in [5.41, 5.74) is 0. The third-order valence-corrected chi connectivity index (χ3v) is 3.16. The van der Waals surface area contributed by atoms with Crippen LogP contribution in [0.3, 0.4) is 0 Å². The molecule has 4 aliphatic rings. The van der Waals surface area contributed by atoms with Crippen LogP contribution in [0.4, 0.5) is 0 Å². The van der Waals surface area contributed by atoms with Gasteiger partial charge in [0.1, 0.15) is 44.8 Å². The fourth-order valence-electron chi connectivity index (χ4n) is 1.64. The van der Waals surface area contributed by atoms with Gasteiger partial charge in [-0.1, -0.05) is 0 Å². The minimum absolute atomic E-state index is 0.143. The highest BCUT2D eigenvalue weighted by atomic mass is 16.7. The zero-order valence-electron chi connectivity index (χ0n) is 11.5. The molecule has 4 aliphatic heterocycles. The first-order valence-electron chi connectivity index (χ1n) is 7.01. The number of rotatable bonds is 7. The maximum atomic E-state index is 5.62. The van der Waals surface area contributed by atoms with Crippen molar-refractivity contribution in [1.82, 2.24) is 5.06 Å². The van der Waals surface area contributed by atoms with Crippen molar-refractivity contribution in [3.05, 3.63) is 0 Å². The summed E-state index contributed by atoms with van der Waals surface area (Å²) in [7, 11) is 0. The van der Waals surface area contributed by atoms with Crippen LogP contribution >= 0.6 is 0 Å². The predicted octanol–water partition coefficient (Wildman–Crippen LogP) is -0.867. The van der Waals surface area contributed by atoms with E-state index in [4.69, 9.17) is 28.5 Å². The Balaban J connectivity index is 1.32. The molecule has 0 aromatic rings. The Morgan fingerprint density at radius 2 is 1.57 bits per heavy atom. The molecule has 0 bridgehead atoms. The van der Waals surface area contributed by atoms with Crippen molar-refractivity contribution in [3.63, 3.8) is 0 Å². The summed E-state index contributed by atoms with van der Waals surface area (Å²) in [6, 6.07) is 0.632. The first kappa shape index (κ1) is 13.3. The summed E-state index contributed by atoms with van der Waals surface area (Å²) in [5, 5.41) is 1.50. The van der Waals surface area contributed by atoms with E-state index < -0.39 is 0 Å². The summed E-state index contributed by atoms with van der Waals surface area (Å²) >= 11 is 0. The van der Waals surface area contributed by atoms with Gasteiger partial charge in [0.2, 0.25) is 0 Å². The summed E-state index contributed by atoms with van der Waals surface area (Å²) in [4.78, 5) is 14.0. The molecule has 4 heterocycles. The van der Waals surface area contributed by atoms with Crippen LogP contribution in [-0.2, 0) is 28.5 Å². The Hall–Kier alpha value is -1.42. The van der Waals surface area contributed by atoms with Crippen molar-refractivity contribution in [2.45, 2.75) is 18.3 Å². The number of hydroxylamine groups is 2. The van der Waals surface area contributed by atoms with Gasteiger partial charge in [-0.05, 0) is 0 Å². The SMILES string of the molecule is C(OC1=NCN(OCC2CO2)C(OCC2CO2)=N1)C1CO1. The predicted molar refractivity (Wildman–Crippen MR) is 68.7 cm³/mol. The first-order chi connectivity index (χ1) is 10.4. The molecule has 3 saturated heterocycles. The lowest BCUT2D eigenvalue weighted by Gasteiger charge is -2.25. The number of ether oxygens (including phenoxy) is 5. The van der Waals surface area contributed by atoms with Crippen LogP contribution < -0.4 is 0 Å².